The van der Waals surface area contributed by atoms with E-state index in [1.165, 1.54) is 52.6 Å². The minimum atomic E-state index is -0.491. The van der Waals surface area contributed by atoms with Gasteiger partial charge in [-0.2, -0.15) is 0 Å². The quantitative estimate of drug-likeness (QED) is 0.439. The van der Waals surface area contributed by atoms with E-state index in [0.717, 1.165) is 6.54 Å². The van der Waals surface area contributed by atoms with Crippen LogP contribution in [0.2, 0.25) is 0 Å². The van der Waals surface area contributed by atoms with Gasteiger partial charge in [-0.05, 0) is 54.4 Å². The predicted molar refractivity (Wildman–Crippen MR) is 133 cm³/mol. The Labute approximate surface area is 206 Å². The summed E-state index contributed by atoms with van der Waals surface area (Å²) < 4.78 is 28.5. The third-order valence-corrected chi connectivity index (χ3v) is 6.16. The molecule has 0 saturated carbocycles. The maximum atomic E-state index is 13.6. The van der Waals surface area contributed by atoms with Crippen LogP contribution in [0.4, 0.5) is 14.5 Å². The van der Waals surface area contributed by atoms with Crippen molar-refractivity contribution in [1.82, 2.24) is 14.5 Å². The van der Waals surface area contributed by atoms with E-state index in [9.17, 15) is 18.4 Å². The lowest BCUT2D eigenvalue weighted by atomic mass is 10.0. The Bertz CT molecular complexity index is 1450. The van der Waals surface area contributed by atoms with Crippen LogP contribution < -0.4 is 10.9 Å². The summed E-state index contributed by atoms with van der Waals surface area (Å²) in [6.45, 7) is 1.59. The molecule has 1 aliphatic rings. The molecule has 4 aromatic rings. The number of amides is 1. The van der Waals surface area contributed by atoms with Gasteiger partial charge in [0.15, 0.2) is 0 Å². The number of carbonyl (C=O) groups excluding carboxylic acids is 1. The smallest absolute Gasteiger partial charge is 0.257 e. The number of aromatic nitrogens is 2. The second kappa shape index (κ2) is 10.2. The third kappa shape index (κ3) is 5.23. The van der Waals surface area contributed by atoms with Crippen molar-refractivity contribution >= 4 is 11.6 Å². The predicted octanol–water partition coefficient (Wildman–Crippen LogP) is 4.39. The van der Waals surface area contributed by atoms with E-state index in [0.29, 0.717) is 42.0 Å². The first-order valence-corrected chi connectivity index (χ1v) is 11.7. The van der Waals surface area contributed by atoms with Gasteiger partial charge in [0.2, 0.25) is 5.91 Å². The van der Waals surface area contributed by atoms with E-state index in [2.05, 4.69) is 22.3 Å². The molecule has 1 aromatic heterocycles. The highest BCUT2D eigenvalue weighted by Gasteiger charge is 2.25. The van der Waals surface area contributed by atoms with Gasteiger partial charge in [0.25, 0.3) is 5.56 Å². The molecular formula is C28H24F2N4O2. The number of hydrogen-bond donors (Lipinski definition) is 1. The van der Waals surface area contributed by atoms with Crippen LogP contribution in [-0.4, -0.2) is 26.9 Å². The normalized spacial score (nSPS) is 13.3. The molecule has 8 heteroatoms. The lowest BCUT2D eigenvalue weighted by molar-refractivity contribution is -0.116. The zero-order chi connectivity index (χ0) is 25.1. The monoisotopic (exact) mass is 486 g/mol. The molecule has 36 heavy (non-hydrogen) atoms. The molecule has 6 nitrogen and oxygen atoms in total. The topological polar surface area (TPSA) is 67.2 Å². The molecule has 0 bridgehead atoms. The molecule has 0 atom stereocenters. The van der Waals surface area contributed by atoms with Gasteiger partial charge in [0.05, 0.1) is 5.69 Å². The first kappa shape index (κ1) is 23.6. The second-order valence-corrected chi connectivity index (χ2v) is 8.76. The van der Waals surface area contributed by atoms with Crippen LogP contribution in [0.15, 0.2) is 83.7 Å². The lowest BCUT2D eigenvalue weighted by Gasteiger charge is -2.29. The van der Waals surface area contributed by atoms with Gasteiger partial charge >= 0.3 is 0 Å². The van der Waals surface area contributed by atoms with Crippen LogP contribution in [0.25, 0.3) is 11.4 Å². The standard InChI is InChI=1S/C28H24F2N4O2/c29-21-11-9-20(10-12-21)27-32-25-17-33(16-19-5-2-1-3-6-19)14-13-24(25)28(36)34(27)18-26(35)31-23-8-4-7-22(30)15-23/h1-12,15H,13-14,16-18H2,(H,31,35). The van der Waals surface area contributed by atoms with Gasteiger partial charge in [0.1, 0.15) is 24.0 Å². The maximum absolute atomic E-state index is 13.6. The zero-order valence-corrected chi connectivity index (χ0v) is 19.5. The second-order valence-electron chi connectivity index (χ2n) is 8.76. The van der Waals surface area contributed by atoms with Gasteiger partial charge in [0, 0.05) is 36.4 Å². The average molecular weight is 487 g/mol. The third-order valence-electron chi connectivity index (χ3n) is 6.16. The summed E-state index contributed by atoms with van der Waals surface area (Å²) in [5, 5.41) is 2.63. The molecule has 2 heterocycles. The Morgan fingerprint density at radius 3 is 2.47 bits per heavy atom. The van der Waals surface area contributed by atoms with Crippen LogP contribution >= 0.6 is 0 Å². The summed E-state index contributed by atoms with van der Waals surface area (Å²) in [5.41, 5.74) is 2.91. The van der Waals surface area contributed by atoms with E-state index in [1.807, 2.05) is 18.2 Å². The van der Waals surface area contributed by atoms with Crippen molar-refractivity contribution in [1.29, 1.82) is 0 Å². The number of nitrogens with one attached hydrogen (secondary N) is 1. The van der Waals surface area contributed by atoms with Crippen molar-refractivity contribution in [3.05, 3.63) is 118 Å². The van der Waals surface area contributed by atoms with E-state index in [1.54, 1.807) is 6.07 Å². The van der Waals surface area contributed by atoms with Crippen LogP contribution in [0.3, 0.4) is 0 Å². The number of hydrogen-bond acceptors (Lipinski definition) is 4. The molecule has 0 aliphatic carbocycles. The first-order chi connectivity index (χ1) is 17.5. The van der Waals surface area contributed by atoms with E-state index >= 15 is 0 Å². The Morgan fingerprint density at radius 2 is 1.72 bits per heavy atom. The van der Waals surface area contributed by atoms with Crippen molar-refractivity contribution in [3.8, 4) is 11.4 Å². The fraction of sp³-hybridized carbons (Fsp3) is 0.179. The van der Waals surface area contributed by atoms with Crippen molar-refractivity contribution in [3.63, 3.8) is 0 Å². The van der Waals surface area contributed by atoms with Gasteiger partial charge in [-0.1, -0.05) is 36.4 Å². The fourth-order valence-electron chi connectivity index (χ4n) is 4.43. The molecule has 0 spiro atoms. The largest absolute Gasteiger partial charge is 0.324 e. The van der Waals surface area contributed by atoms with Crippen LogP contribution in [0, 0.1) is 11.6 Å². The van der Waals surface area contributed by atoms with Gasteiger partial charge in [-0.25, -0.2) is 13.8 Å². The summed E-state index contributed by atoms with van der Waals surface area (Å²) in [4.78, 5) is 33.4. The molecule has 0 unspecified atom stereocenters. The maximum Gasteiger partial charge on any atom is 0.257 e. The van der Waals surface area contributed by atoms with E-state index < -0.39 is 17.5 Å². The Hall–Kier alpha value is -4.17. The van der Waals surface area contributed by atoms with Crippen molar-refractivity contribution in [2.75, 3.05) is 11.9 Å². The number of halogens is 2. The fourth-order valence-corrected chi connectivity index (χ4v) is 4.43. The molecular weight excluding hydrogens is 462 g/mol. The van der Waals surface area contributed by atoms with E-state index in [4.69, 9.17) is 4.98 Å². The van der Waals surface area contributed by atoms with Gasteiger partial charge in [-0.3, -0.25) is 19.1 Å². The highest BCUT2D eigenvalue weighted by Crippen LogP contribution is 2.23. The summed E-state index contributed by atoms with van der Waals surface area (Å²) in [6, 6.07) is 21.3. The molecule has 5 rings (SSSR count). The molecule has 1 aliphatic heterocycles. The number of benzene rings is 3. The van der Waals surface area contributed by atoms with Crippen molar-refractivity contribution < 1.29 is 13.6 Å². The molecule has 1 amide bonds. The van der Waals surface area contributed by atoms with Crippen LogP contribution in [0.1, 0.15) is 16.8 Å². The highest BCUT2D eigenvalue weighted by molar-refractivity contribution is 5.90. The summed E-state index contributed by atoms with van der Waals surface area (Å²) in [5.74, 6) is -1.10. The van der Waals surface area contributed by atoms with Gasteiger partial charge in [-0.15, -0.1) is 0 Å². The Morgan fingerprint density at radius 1 is 0.944 bits per heavy atom. The molecule has 182 valence electrons. The number of fused-ring (bicyclic) bond motifs is 1. The molecule has 0 saturated heterocycles. The minimum Gasteiger partial charge on any atom is -0.324 e. The molecule has 0 fully saturated rings. The Kier molecular flexibility index (Phi) is 6.69. The summed E-state index contributed by atoms with van der Waals surface area (Å²) in [7, 11) is 0. The Balaban J connectivity index is 1.48. The minimum absolute atomic E-state index is 0.287. The number of carbonyl (C=O) groups is 1. The lowest BCUT2D eigenvalue weighted by Crippen LogP contribution is -2.39. The van der Waals surface area contributed by atoms with E-state index in [-0.39, 0.29) is 17.9 Å². The number of nitrogens with zero attached hydrogens (tertiary/aromatic N) is 3. The zero-order valence-electron chi connectivity index (χ0n) is 19.5. The van der Waals surface area contributed by atoms with Crippen LogP contribution in [-0.2, 0) is 30.8 Å². The van der Waals surface area contributed by atoms with Crippen molar-refractivity contribution in [2.24, 2.45) is 0 Å². The first-order valence-electron chi connectivity index (χ1n) is 11.7. The van der Waals surface area contributed by atoms with Gasteiger partial charge < -0.3 is 5.32 Å². The number of rotatable bonds is 6. The summed E-state index contributed by atoms with van der Waals surface area (Å²) in [6.07, 6.45) is 0.503. The SMILES string of the molecule is O=C(Cn1c(-c2ccc(F)cc2)nc2c(c1=O)CCN(Cc1ccccc1)C2)Nc1cccc(F)c1. The molecule has 0 radical (unpaired) electrons. The number of anilines is 1. The average Bonchev–Trinajstić information content (AvgIpc) is 2.87. The highest BCUT2D eigenvalue weighted by atomic mass is 19.1. The molecule has 1 N–H and O–H groups in total. The molecule has 3 aromatic carbocycles. The van der Waals surface area contributed by atoms with Crippen molar-refractivity contribution in [2.45, 2.75) is 26.1 Å². The summed E-state index contributed by atoms with van der Waals surface area (Å²) >= 11 is 0. The van der Waals surface area contributed by atoms with Crippen LogP contribution in [0.5, 0.6) is 0 Å².